The lowest BCUT2D eigenvalue weighted by Gasteiger charge is -2.58. The number of carboxylic acids is 1. The van der Waals surface area contributed by atoms with E-state index in [1.165, 1.54) is 0 Å². The SMILES string of the molecule is CCCC[Si](CCCC)(CCCC)C(CCS(=O)(=O)O)(C(=O)O)[Si](CCCC)(CCCC)CCCC. The maximum Gasteiger partial charge on any atom is 0.304 e. The summed E-state index contributed by atoms with van der Waals surface area (Å²) in [5, 5.41) is 11.5. The molecular formula is C28H60O5SSi2. The smallest absolute Gasteiger partial charge is 0.304 e. The Morgan fingerprint density at radius 1 is 0.611 bits per heavy atom. The molecule has 0 saturated carbocycles. The van der Waals surface area contributed by atoms with Crippen molar-refractivity contribution in [2.45, 2.75) is 166 Å². The third-order valence-electron chi connectivity index (χ3n) is 8.96. The van der Waals surface area contributed by atoms with Crippen molar-refractivity contribution >= 4 is 32.2 Å². The quantitative estimate of drug-likeness (QED) is 0.0900. The second-order valence-electron chi connectivity index (χ2n) is 11.4. The summed E-state index contributed by atoms with van der Waals surface area (Å²) >= 11 is 0. The lowest BCUT2D eigenvalue weighted by atomic mass is 10.3. The number of hydrogen-bond acceptors (Lipinski definition) is 3. The van der Waals surface area contributed by atoms with Gasteiger partial charge >= 0.3 is 5.97 Å². The molecule has 0 aromatic heterocycles. The first-order chi connectivity index (χ1) is 17.0. The monoisotopic (exact) mass is 564 g/mol. The molecule has 0 aromatic rings. The molecule has 0 rings (SSSR count). The van der Waals surface area contributed by atoms with Crippen molar-refractivity contribution in [3.8, 4) is 0 Å². The van der Waals surface area contributed by atoms with Crippen LogP contribution in [0.5, 0.6) is 0 Å². The Morgan fingerprint density at radius 2 is 0.861 bits per heavy atom. The molecule has 0 aliphatic heterocycles. The summed E-state index contributed by atoms with van der Waals surface area (Å²) in [6.07, 6.45) is 12.5. The summed E-state index contributed by atoms with van der Waals surface area (Å²) < 4.78 is 33.5. The summed E-state index contributed by atoms with van der Waals surface area (Å²) in [6.45, 7) is 13.1. The lowest BCUT2D eigenvalue weighted by molar-refractivity contribution is -0.138. The maximum absolute atomic E-state index is 14.0. The minimum absolute atomic E-state index is 0.133. The molecule has 0 bridgehead atoms. The fraction of sp³-hybridized carbons (Fsp3) is 0.964. The van der Waals surface area contributed by atoms with Gasteiger partial charge < -0.3 is 5.11 Å². The maximum atomic E-state index is 14.0. The molecule has 0 spiro atoms. The van der Waals surface area contributed by atoms with Crippen LogP contribution >= 0.6 is 0 Å². The fourth-order valence-electron chi connectivity index (χ4n) is 7.06. The van der Waals surface area contributed by atoms with Gasteiger partial charge in [0.25, 0.3) is 10.1 Å². The van der Waals surface area contributed by atoms with Crippen LogP contribution in [0.25, 0.3) is 0 Å². The molecule has 0 saturated heterocycles. The molecule has 0 radical (unpaired) electrons. The lowest BCUT2D eigenvalue weighted by Crippen LogP contribution is -2.66. The number of carbonyl (C=O) groups is 1. The van der Waals surface area contributed by atoms with E-state index in [0.29, 0.717) is 0 Å². The first-order valence-corrected chi connectivity index (χ1v) is 22.1. The van der Waals surface area contributed by atoms with Crippen molar-refractivity contribution < 1.29 is 22.9 Å². The second kappa shape index (κ2) is 18.2. The zero-order valence-corrected chi connectivity index (χ0v) is 27.5. The zero-order chi connectivity index (χ0) is 27.7. The third kappa shape index (κ3) is 9.84. The number of rotatable bonds is 24. The van der Waals surface area contributed by atoms with Crippen LogP contribution in [0.2, 0.25) is 40.9 Å². The second-order valence-corrected chi connectivity index (χ2v) is 23.3. The largest absolute Gasteiger partial charge is 0.481 e. The molecule has 0 aromatic carbocycles. The van der Waals surface area contributed by atoms with Crippen molar-refractivity contribution in [2.24, 2.45) is 0 Å². The average molecular weight is 565 g/mol. The van der Waals surface area contributed by atoms with Crippen LogP contribution in [0.1, 0.15) is 125 Å². The molecule has 0 amide bonds. The molecule has 2 N–H and O–H groups in total. The van der Waals surface area contributed by atoms with Gasteiger partial charge in [0.15, 0.2) is 0 Å². The first kappa shape index (κ1) is 35.8. The number of unbranched alkanes of at least 4 members (excludes halogenated alkanes) is 6. The van der Waals surface area contributed by atoms with E-state index in [0.717, 1.165) is 113 Å². The van der Waals surface area contributed by atoms with Crippen LogP contribution in [0.15, 0.2) is 0 Å². The highest BCUT2D eigenvalue weighted by atomic mass is 32.2. The van der Waals surface area contributed by atoms with Gasteiger partial charge in [0.05, 0.1) is 26.6 Å². The molecule has 216 valence electrons. The highest BCUT2D eigenvalue weighted by Gasteiger charge is 2.66. The first-order valence-electron chi connectivity index (χ1n) is 15.2. The topological polar surface area (TPSA) is 91.7 Å². The number of aliphatic carboxylic acids is 1. The number of hydrogen-bond donors (Lipinski definition) is 2. The molecule has 5 nitrogen and oxygen atoms in total. The Morgan fingerprint density at radius 3 is 1.03 bits per heavy atom. The van der Waals surface area contributed by atoms with E-state index in [-0.39, 0.29) is 6.42 Å². The molecule has 0 aliphatic carbocycles. The summed E-state index contributed by atoms with van der Waals surface area (Å²) in [5.41, 5.74) is 0. The van der Waals surface area contributed by atoms with Crippen molar-refractivity contribution in [1.29, 1.82) is 0 Å². The van der Waals surface area contributed by atoms with Gasteiger partial charge in [-0.1, -0.05) is 155 Å². The summed E-state index contributed by atoms with van der Waals surface area (Å²) in [7, 11) is -9.25. The Balaban J connectivity index is 7.61. The van der Waals surface area contributed by atoms with E-state index in [4.69, 9.17) is 0 Å². The Bertz CT molecular complexity index is 621. The standard InChI is InChI=1S/C28H60O5SSi2/c1-7-13-21-35(22-14-8-2,23-15-9-3)28(27(29)30,19-20-34(31,32)33)36(24-16-10-4,25-17-11-5)26-18-12-6/h7-26H2,1-6H3,(H,29,30)(H,31,32,33). The highest BCUT2D eigenvalue weighted by Crippen LogP contribution is 2.61. The summed E-state index contributed by atoms with van der Waals surface area (Å²) in [5.74, 6) is -1.10. The third-order valence-corrected chi connectivity index (χ3v) is 25.3. The van der Waals surface area contributed by atoms with Crippen molar-refractivity contribution in [2.75, 3.05) is 5.75 Å². The van der Waals surface area contributed by atoms with E-state index in [9.17, 15) is 22.9 Å². The molecule has 0 fully saturated rings. The van der Waals surface area contributed by atoms with Crippen molar-refractivity contribution in [1.82, 2.24) is 0 Å². The zero-order valence-electron chi connectivity index (χ0n) is 24.7. The van der Waals surface area contributed by atoms with Gasteiger partial charge in [-0.05, 0) is 6.42 Å². The summed E-state index contributed by atoms with van der Waals surface area (Å²) in [6, 6.07) is 5.92. The van der Waals surface area contributed by atoms with Crippen LogP contribution in [0, 0.1) is 0 Å². The van der Waals surface area contributed by atoms with Gasteiger partial charge in [-0.15, -0.1) is 0 Å². The van der Waals surface area contributed by atoms with E-state index in [2.05, 4.69) is 41.5 Å². The van der Waals surface area contributed by atoms with Crippen LogP contribution in [-0.4, -0.2) is 45.9 Å². The molecule has 0 atom stereocenters. The van der Waals surface area contributed by atoms with Crippen LogP contribution in [0.3, 0.4) is 0 Å². The molecule has 36 heavy (non-hydrogen) atoms. The van der Waals surface area contributed by atoms with Crippen molar-refractivity contribution in [3.63, 3.8) is 0 Å². The van der Waals surface area contributed by atoms with E-state index < -0.39 is 42.6 Å². The average Bonchev–Trinajstić information content (AvgIpc) is 2.84. The Labute approximate surface area is 226 Å². The Kier molecular flexibility index (Phi) is 18.1. The van der Waals surface area contributed by atoms with Crippen LogP contribution in [-0.2, 0) is 14.9 Å². The molecule has 0 unspecified atom stereocenters. The van der Waals surface area contributed by atoms with E-state index in [1.807, 2.05) is 0 Å². The van der Waals surface area contributed by atoms with E-state index >= 15 is 0 Å². The van der Waals surface area contributed by atoms with Crippen LogP contribution in [0.4, 0.5) is 0 Å². The normalized spacial score (nSPS) is 13.3. The van der Waals surface area contributed by atoms with Gasteiger partial charge in [0.1, 0.15) is 0 Å². The van der Waals surface area contributed by atoms with E-state index in [1.54, 1.807) is 0 Å². The molecule has 8 heteroatoms. The van der Waals surface area contributed by atoms with Gasteiger partial charge in [0, 0.05) is 0 Å². The molecule has 0 heterocycles. The Hall–Kier alpha value is -0.186. The molecule has 0 aliphatic rings. The predicted molar refractivity (Wildman–Crippen MR) is 161 cm³/mol. The summed E-state index contributed by atoms with van der Waals surface area (Å²) in [4.78, 5) is 14.0. The van der Waals surface area contributed by atoms with Gasteiger partial charge in [-0.25, -0.2) is 0 Å². The van der Waals surface area contributed by atoms with Gasteiger partial charge in [-0.2, -0.15) is 8.42 Å². The minimum Gasteiger partial charge on any atom is -0.481 e. The van der Waals surface area contributed by atoms with Gasteiger partial charge in [0.2, 0.25) is 0 Å². The number of carboxylic acid groups (broad SMARTS) is 1. The minimum atomic E-state index is -4.25. The van der Waals surface area contributed by atoms with Gasteiger partial charge in [-0.3, -0.25) is 9.35 Å². The highest BCUT2D eigenvalue weighted by molar-refractivity contribution is 7.85. The van der Waals surface area contributed by atoms with Crippen molar-refractivity contribution in [3.05, 3.63) is 0 Å². The predicted octanol–water partition coefficient (Wildman–Crippen LogP) is 9.33. The molecular weight excluding hydrogens is 505 g/mol. The fourth-order valence-corrected chi connectivity index (χ4v) is 27.2. The van der Waals surface area contributed by atoms with Crippen LogP contribution < -0.4 is 0 Å².